The minimum absolute atomic E-state index is 0.0300. The third kappa shape index (κ3) is 4.04. The highest BCUT2D eigenvalue weighted by Crippen LogP contribution is 2.44. The second kappa shape index (κ2) is 9.12. The Hall–Kier alpha value is -3.35. The molecule has 0 unspecified atom stereocenters. The van der Waals surface area contributed by atoms with Gasteiger partial charge in [0.25, 0.3) is 0 Å². The lowest BCUT2D eigenvalue weighted by atomic mass is 9.75. The Bertz CT molecular complexity index is 1060. The zero-order valence-electron chi connectivity index (χ0n) is 19.1. The molecule has 34 heavy (non-hydrogen) atoms. The number of amides is 2. The first-order chi connectivity index (χ1) is 16.5. The Morgan fingerprint density at radius 1 is 0.912 bits per heavy atom. The van der Waals surface area contributed by atoms with Crippen LogP contribution in [0, 0.1) is 5.92 Å². The number of aliphatic carboxylic acids is 1. The predicted molar refractivity (Wildman–Crippen MR) is 126 cm³/mol. The van der Waals surface area contributed by atoms with Crippen LogP contribution in [0.25, 0.3) is 11.1 Å². The molecule has 5 rings (SSSR count). The van der Waals surface area contributed by atoms with Gasteiger partial charge in [0, 0.05) is 12.0 Å². The molecule has 3 N–H and O–H groups in total. The minimum Gasteiger partial charge on any atom is -0.480 e. The van der Waals surface area contributed by atoms with Gasteiger partial charge in [0.15, 0.2) is 0 Å². The van der Waals surface area contributed by atoms with Crippen molar-refractivity contribution >= 4 is 18.0 Å². The van der Waals surface area contributed by atoms with Crippen LogP contribution < -0.4 is 10.6 Å². The zero-order valence-corrected chi connectivity index (χ0v) is 19.1. The maximum Gasteiger partial charge on any atom is 0.407 e. The Kier molecular flexibility index (Phi) is 6.02. The number of ether oxygens (including phenoxy) is 1. The van der Waals surface area contributed by atoms with E-state index in [2.05, 4.69) is 34.9 Å². The van der Waals surface area contributed by atoms with Gasteiger partial charge in [0.1, 0.15) is 12.1 Å². The number of fused-ring (bicyclic) bond motifs is 3. The normalized spacial score (nSPS) is 22.6. The Morgan fingerprint density at radius 3 is 2.12 bits per heavy atom. The summed E-state index contributed by atoms with van der Waals surface area (Å²) in [4.78, 5) is 37.4. The highest BCUT2D eigenvalue weighted by atomic mass is 16.5. The van der Waals surface area contributed by atoms with Crippen molar-refractivity contribution in [1.82, 2.24) is 10.6 Å². The van der Waals surface area contributed by atoms with Crippen LogP contribution in [0.5, 0.6) is 0 Å². The zero-order chi connectivity index (χ0) is 23.7. The Labute approximate surface area is 198 Å². The van der Waals surface area contributed by atoms with Crippen LogP contribution in [0.2, 0.25) is 0 Å². The Morgan fingerprint density at radius 2 is 1.53 bits per heavy atom. The second-order valence-electron chi connectivity index (χ2n) is 9.70. The fourth-order valence-electron chi connectivity index (χ4n) is 5.66. The molecule has 0 heterocycles. The minimum atomic E-state index is -1.15. The van der Waals surface area contributed by atoms with Crippen LogP contribution in [-0.4, -0.2) is 41.3 Å². The van der Waals surface area contributed by atoms with E-state index in [1.165, 1.54) is 11.1 Å². The molecule has 2 saturated carbocycles. The molecule has 3 aliphatic carbocycles. The fourth-order valence-corrected chi connectivity index (χ4v) is 5.66. The molecular formula is C27H30N2O5. The largest absolute Gasteiger partial charge is 0.480 e. The fraction of sp³-hybridized carbons (Fsp3) is 0.444. The van der Waals surface area contributed by atoms with Crippen LogP contribution >= 0.6 is 0 Å². The highest BCUT2D eigenvalue weighted by molar-refractivity contribution is 5.89. The Balaban J connectivity index is 1.23. The first-order valence-corrected chi connectivity index (χ1v) is 12.2. The number of nitrogens with one attached hydrogen (secondary N) is 2. The van der Waals surface area contributed by atoms with Crippen molar-refractivity contribution in [1.29, 1.82) is 0 Å². The smallest absolute Gasteiger partial charge is 0.407 e. The number of hydrogen-bond donors (Lipinski definition) is 3. The number of benzene rings is 2. The third-order valence-corrected chi connectivity index (χ3v) is 7.73. The lowest BCUT2D eigenvalue weighted by molar-refractivity contribution is -0.152. The molecule has 0 bridgehead atoms. The van der Waals surface area contributed by atoms with Gasteiger partial charge in [-0.05, 0) is 54.4 Å². The van der Waals surface area contributed by atoms with Crippen molar-refractivity contribution in [3.8, 4) is 11.1 Å². The van der Waals surface area contributed by atoms with E-state index in [9.17, 15) is 19.5 Å². The number of hydrogen-bond acceptors (Lipinski definition) is 4. The van der Waals surface area contributed by atoms with Crippen molar-refractivity contribution in [2.75, 3.05) is 6.61 Å². The summed E-state index contributed by atoms with van der Waals surface area (Å²) in [7, 11) is 0. The molecule has 0 aromatic heterocycles. The van der Waals surface area contributed by atoms with Crippen molar-refractivity contribution in [2.45, 2.75) is 62.4 Å². The number of carboxylic acids is 1. The van der Waals surface area contributed by atoms with E-state index in [-0.39, 0.29) is 24.5 Å². The molecule has 2 fully saturated rings. The van der Waals surface area contributed by atoms with Gasteiger partial charge in [-0.2, -0.15) is 0 Å². The van der Waals surface area contributed by atoms with E-state index in [1.54, 1.807) is 0 Å². The predicted octanol–water partition coefficient (Wildman–Crippen LogP) is 4.21. The van der Waals surface area contributed by atoms with Crippen LogP contribution in [0.3, 0.4) is 0 Å². The van der Waals surface area contributed by atoms with E-state index >= 15 is 0 Å². The van der Waals surface area contributed by atoms with Gasteiger partial charge >= 0.3 is 12.1 Å². The van der Waals surface area contributed by atoms with Gasteiger partial charge in [-0.1, -0.05) is 61.4 Å². The number of carboxylic acid groups (broad SMARTS) is 1. The molecule has 0 spiro atoms. The van der Waals surface area contributed by atoms with E-state index in [1.807, 2.05) is 24.3 Å². The van der Waals surface area contributed by atoms with Crippen molar-refractivity contribution in [2.24, 2.45) is 5.92 Å². The van der Waals surface area contributed by atoms with Crippen LogP contribution in [-0.2, 0) is 14.3 Å². The van der Waals surface area contributed by atoms with Crippen LogP contribution in [0.15, 0.2) is 48.5 Å². The summed E-state index contributed by atoms with van der Waals surface area (Å²) in [6, 6.07) is 16.0. The molecule has 0 radical (unpaired) electrons. The number of rotatable bonds is 6. The number of carbonyl (C=O) groups is 3. The summed E-state index contributed by atoms with van der Waals surface area (Å²) in [5.41, 5.74) is 3.47. The van der Waals surface area contributed by atoms with Gasteiger partial charge < -0.3 is 20.5 Å². The quantitative estimate of drug-likeness (QED) is 0.597. The summed E-state index contributed by atoms with van der Waals surface area (Å²) in [5, 5.41) is 15.2. The average molecular weight is 463 g/mol. The van der Waals surface area contributed by atoms with Gasteiger partial charge in [-0.25, -0.2) is 9.59 Å². The van der Waals surface area contributed by atoms with Crippen LogP contribution in [0.4, 0.5) is 4.79 Å². The van der Waals surface area contributed by atoms with Crippen molar-refractivity contribution < 1.29 is 24.2 Å². The van der Waals surface area contributed by atoms with Crippen LogP contribution in [0.1, 0.15) is 62.0 Å². The topological polar surface area (TPSA) is 105 Å². The maximum absolute atomic E-state index is 13.0. The van der Waals surface area contributed by atoms with E-state index in [0.717, 1.165) is 30.4 Å². The van der Waals surface area contributed by atoms with Gasteiger partial charge in [0.05, 0.1) is 5.92 Å². The summed E-state index contributed by atoms with van der Waals surface area (Å²) in [6.07, 6.45) is 4.22. The van der Waals surface area contributed by atoms with E-state index in [4.69, 9.17) is 4.74 Å². The average Bonchev–Trinajstić information content (AvgIpc) is 3.14. The molecule has 2 aromatic carbocycles. The first kappa shape index (κ1) is 22.4. The highest BCUT2D eigenvalue weighted by Gasteiger charge is 2.47. The monoisotopic (exact) mass is 462 g/mol. The molecule has 0 aliphatic heterocycles. The summed E-state index contributed by atoms with van der Waals surface area (Å²) in [5.74, 6) is -1.75. The van der Waals surface area contributed by atoms with Crippen molar-refractivity contribution in [3.05, 3.63) is 59.7 Å². The molecule has 2 amide bonds. The molecular weight excluding hydrogens is 432 g/mol. The lowest BCUT2D eigenvalue weighted by Crippen LogP contribution is -2.62. The number of carbonyl (C=O) groups excluding carboxylic acids is 2. The molecule has 178 valence electrons. The third-order valence-electron chi connectivity index (χ3n) is 7.73. The summed E-state index contributed by atoms with van der Waals surface area (Å²) >= 11 is 0. The van der Waals surface area contributed by atoms with Crippen molar-refractivity contribution in [3.63, 3.8) is 0 Å². The summed E-state index contributed by atoms with van der Waals surface area (Å²) < 4.78 is 5.67. The molecule has 7 heteroatoms. The number of alkyl carbamates (subject to hydrolysis) is 1. The van der Waals surface area contributed by atoms with E-state index in [0.29, 0.717) is 25.7 Å². The summed E-state index contributed by atoms with van der Waals surface area (Å²) in [6.45, 7) is 0.214. The standard InChI is InChI=1S/C27H30N2O5/c30-24(29-27(25(31)32)14-7-15-27)21-12-5-6-13-23(21)28-26(33)34-16-22-19-10-3-1-8-17(19)18-9-2-4-11-20(18)22/h1-4,8-11,21-23H,5-7,12-16H2,(H,28,33)(H,29,30)(H,31,32)/t21-,23+/m1/s1. The lowest BCUT2D eigenvalue weighted by Gasteiger charge is -2.40. The molecule has 3 aliphatic rings. The first-order valence-electron chi connectivity index (χ1n) is 12.2. The SMILES string of the molecule is O=C(N[C@H]1CCCC[C@H]1C(=O)NC1(C(=O)O)CCC1)OCC1c2ccccc2-c2ccccc21. The van der Waals surface area contributed by atoms with E-state index < -0.39 is 23.5 Å². The van der Waals surface area contributed by atoms with Gasteiger partial charge in [-0.3, -0.25) is 4.79 Å². The van der Waals surface area contributed by atoms with Gasteiger partial charge in [0.2, 0.25) is 5.91 Å². The second-order valence-corrected chi connectivity index (χ2v) is 9.70. The molecule has 2 aromatic rings. The van der Waals surface area contributed by atoms with Gasteiger partial charge in [-0.15, -0.1) is 0 Å². The molecule has 2 atom stereocenters. The molecule has 0 saturated heterocycles. The molecule has 7 nitrogen and oxygen atoms in total. The maximum atomic E-state index is 13.0.